The molecule has 12 heteroatoms. The summed E-state index contributed by atoms with van der Waals surface area (Å²) >= 11 is 1.33. The molecule has 4 aromatic rings. The van der Waals surface area contributed by atoms with E-state index in [1.807, 2.05) is 47.0 Å². The topological polar surface area (TPSA) is 99.2 Å². The van der Waals surface area contributed by atoms with E-state index in [4.69, 9.17) is 14.5 Å². The first-order valence-electron chi connectivity index (χ1n) is 17.2. The number of carbonyl (C=O) groups excluding carboxylic acids is 1. The molecule has 7 rings (SSSR count). The van der Waals surface area contributed by atoms with Gasteiger partial charge in [0.2, 0.25) is 0 Å². The number of para-hydroxylation sites is 1. The van der Waals surface area contributed by atoms with Crippen LogP contribution < -0.4 is 9.22 Å². The van der Waals surface area contributed by atoms with Crippen molar-refractivity contribution < 1.29 is 18.7 Å². The number of fused-ring (bicyclic) bond motifs is 1. The molecule has 3 aliphatic heterocycles. The molecular weight excluding hydrogens is 696 g/mol. The normalized spacial score (nSPS) is 20.4. The number of halogens is 1. The number of benzene rings is 2. The number of nitrogens with zero attached hydrogens (tertiary/aromatic N) is 7. The number of piperazine rings is 1. The van der Waals surface area contributed by atoms with Gasteiger partial charge < -0.3 is 4.74 Å². The third-order valence-corrected chi connectivity index (χ3v) is 11.3. The van der Waals surface area contributed by atoms with Gasteiger partial charge in [0.25, 0.3) is 0 Å². The van der Waals surface area contributed by atoms with E-state index >= 15 is 4.39 Å². The molecule has 1 amide bonds. The van der Waals surface area contributed by atoms with Crippen molar-refractivity contribution >= 4 is 32.8 Å². The van der Waals surface area contributed by atoms with E-state index in [1.165, 1.54) is 22.9 Å². The van der Waals surface area contributed by atoms with Gasteiger partial charge in [-0.3, -0.25) is 4.90 Å². The molecule has 2 atom stereocenters. The molecule has 3 aliphatic rings. The summed E-state index contributed by atoms with van der Waals surface area (Å²) < 4.78 is 29.9. The van der Waals surface area contributed by atoms with Gasteiger partial charge >= 0.3 is 240 Å². The molecule has 50 heavy (non-hydrogen) atoms. The Morgan fingerprint density at radius 2 is 1.88 bits per heavy atom. The summed E-state index contributed by atoms with van der Waals surface area (Å²) in [4.78, 5) is 30.1. The maximum absolute atomic E-state index is 15.8. The fourth-order valence-electron chi connectivity index (χ4n) is 7.47. The predicted octanol–water partition coefficient (Wildman–Crippen LogP) is 3.93. The number of likely N-dealkylation sites (tertiary alicyclic amines) is 1. The van der Waals surface area contributed by atoms with Crippen LogP contribution in [-0.2, 0) is 9.53 Å². The fraction of sp³-hybridized carbons (Fsp3) is 0.421. The summed E-state index contributed by atoms with van der Waals surface area (Å²) in [5.74, 6) is 0.963. The molecule has 2 aromatic heterocycles. The van der Waals surface area contributed by atoms with Crippen molar-refractivity contribution in [2.24, 2.45) is 0 Å². The van der Waals surface area contributed by atoms with Crippen LogP contribution in [0.15, 0.2) is 72.6 Å². The fourth-order valence-corrected chi connectivity index (χ4v) is 8.23. The number of nitriles is 1. The predicted molar refractivity (Wildman–Crippen MR) is 192 cm³/mol. The molecule has 0 bridgehead atoms. The van der Waals surface area contributed by atoms with E-state index in [-0.39, 0.29) is 22.9 Å². The Kier molecular flexibility index (Phi) is 9.57. The van der Waals surface area contributed by atoms with Crippen LogP contribution in [0.25, 0.3) is 16.8 Å². The molecule has 0 spiro atoms. The van der Waals surface area contributed by atoms with Gasteiger partial charge in [-0.05, 0) is 6.92 Å². The van der Waals surface area contributed by atoms with E-state index in [1.54, 1.807) is 23.2 Å². The average Bonchev–Trinajstić information content (AvgIpc) is 3.50. The van der Waals surface area contributed by atoms with Crippen molar-refractivity contribution in [3.63, 3.8) is 0 Å². The average molecular weight is 740 g/mol. The van der Waals surface area contributed by atoms with Crippen LogP contribution in [0.1, 0.15) is 45.4 Å². The second kappa shape index (κ2) is 13.9. The van der Waals surface area contributed by atoms with Gasteiger partial charge in [0.05, 0.1) is 18.8 Å². The van der Waals surface area contributed by atoms with E-state index in [0.717, 1.165) is 68.1 Å². The van der Waals surface area contributed by atoms with Crippen molar-refractivity contribution in [1.29, 1.82) is 5.26 Å². The summed E-state index contributed by atoms with van der Waals surface area (Å²) in [5.41, 5.74) is 1.42. The number of imidazole rings is 1. The number of piperidine rings is 1. The number of carbonyl (C=O) groups is 1. The smallest absolute Gasteiger partial charge is 0.377 e. The van der Waals surface area contributed by atoms with Crippen molar-refractivity contribution in [3.8, 4) is 28.8 Å². The second-order valence-corrected chi connectivity index (χ2v) is 15.4. The minimum atomic E-state index is -0.467. The minimum absolute atomic E-state index is 0.107. The number of aromatic nitrogens is 3. The number of rotatable bonds is 8. The molecule has 0 N–H and O–H groups in total. The number of hydrogen-bond donors (Lipinski definition) is 0. The van der Waals surface area contributed by atoms with Crippen LogP contribution in [0.3, 0.4) is 0 Å². The molecule has 3 fully saturated rings. The minimum Gasteiger partial charge on any atom is -0.377 e. The molecule has 5 heterocycles. The Morgan fingerprint density at radius 1 is 1.12 bits per heavy atom. The van der Waals surface area contributed by atoms with Crippen molar-refractivity contribution in [3.05, 3.63) is 84.2 Å². The quantitative estimate of drug-likeness (QED) is 0.153. The summed E-state index contributed by atoms with van der Waals surface area (Å²) in [5, 5.41) is 10.2. The summed E-state index contributed by atoms with van der Waals surface area (Å²) in [6, 6.07) is 16.3. The summed E-state index contributed by atoms with van der Waals surface area (Å²) in [6.07, 6.45) is 7.01. The number of amides is 1. The third-order valence-electron chi connectivity index (χ3n) is 10.4. The Balaban J connectivity index is 1.11. The molecular formula is C38H43AsFN7O3. The van der Waals surface area contributed by atoms with Crippen LogP contribution in [0.2, 0.25) is 0 Å². The molecule has 0 aliphatic carbocycles. The third kappa shape index (κ3) is 6.70. The zero-order valence-corrected chi connectivity index (χ0v) is 31.2. The first-order chi connectivity index (χ1) is 24.1. The molecule has 0 saturated carbocycles. The molecule has 3 saturated heterocycles. The van der Waals surface area contributed by atoms with Crippen molar-refractivity contribution in [2.75, 3.05) is 52.5 Å². The van der Waals surface area contributed by atoms with Gasteiger partial charge in [0.1, 0.15) is 0 Å². The number of hydrogen-bond acceptors (Lipinski definition) is 8. The van der Waals surface area contributed by atoms with Gasteiger partial charge in [0, 0.05) is 26.2 Å². The zero-order valence-electron chi connectivity index (χ0n) is 28.8. The van der Waals surface area contributed by atoms with Crippen LogP contribution in [0, 0.1) is 17.1 Å². The van der Waals surface area contributed by atoms with Gasteiger partial charge in [-0.25, -0.2) is 0 Å². The first-order valence-corrected chi connectivity index (χ1v) is 18.4. The Labute approximate surface area is 301 Å². The summed E-state index contributed by atoms with van der Waals surface area (Å²) in [6.45, 7) is 12.5. The summed E-state index contributed by atoms with van der Waals surface area (Å²) in [7, 11) is 0. The Bertz CT molecular complexity index is 1960. The van der Waals surface area contributed by atoms with Crippen molar-refractivity contribution in [1.82, 2.24) is 29.1 Å². The van der Waals surface area contributed by atoms with Crippen LogP contribution >= 0.6 is 0 Å². The maximum atomic E-state index is 15.8. The first kappa shape index (κ1) is 34.4. The van der Waals surface area contributed by atoms with Gasteiger partial charge in [-0.15, -0.1) is 0 Å². The molecule has 260 valence electrons. The van der Waals surface area contributed by atoms with Crippen LogP contribution in [0.4, 0.5) is 4.39 Å². The monoisotopic (exact) mass is 739 g/mol. The van der Waals surface area contributed by atoms with Crippen LogP contribution in [0.5, 0.6) is 11.5 Å². The van der Waals surface area contributed by atoms with Gasteiger partial charge in [-0.1, -0.05) is 0 Å². The molecule has 10 nitrogen and oxygen atoms in total. The zero-order chi connectivity index (χ0) is 35.0. The second-order valence-electron chi connectivity index (χ2n) is 14.3. The molecule has 2 aromatic carbocycles. The number of ether oxygens (including phenoxy) is 2. The van der Waals surface area contributed by atoms with Gasteiger partial charge in [-0.2, -0.15) is 0 Å². The SMILES string of the molecule is CC(C)(C=C(C#N)C(=O)N1CCCC(c2nc(-c3ccc(Oc4ccccc4)cc3F)c3c([AsH2])nccn23)C1)N1CCN(C2(C)COC2)CC1. The van der Waals surface area contributed by atoms with Gasteiger partial charge in [0.15, 0.2) is 0 Å². The standard InChI is InChI=1S/C38H43AsFN7O3/c1-37(2,45-16-18-46(19-17-45)38(3)24-49-25-38)21-27(22-41)36(48)44-14-7-8-26(23-44)35-43-32(33-34(39)42-13-15-47(33)35)30-12-11-29(20-31(30)40)50-28-9-5-4-6-10-28/h4-6,9-13,15,20-21,26H,7-8,14,16-19,23-25,39H2,1-3H3. The molecule has 0 radical (unpaired) electrons. The van der Waals surface area contributed by atoms with E-state index in [0.29, 0.717) is 35.8 Å². The van der Waals surface area contributed by atoms with Crippen molar-refractivity contribution in [2.45, 2.75) is 50.6 Å². The Hall–Kier alpha value is -4.07. The van der Waals surface area contributed by atoms with E-state index in [9.17, 15) is 10.1 Å². The van der Waals surface area contributed by atoms with E-state index < -0.39 is 11.4 Å². The van der Waals surface area contributed by atoms with Crippen LogP contribution in [-0.4, -0.2) is 115 Å². The molecule has 2 unspecified atom stereocenters. The van der Waals surface area contributed by atoms with E-state index in [2.05, 4.69) is 41.6 Å². The Morgan fingerprint density at radius 3 is 2.56 bits per heavy atom.